The van der Waals surface area contributed by atoms with Crippen molar-refractivity contribution in [1.82, 2.24) is 19.3 Å². The maximum absolute atomic E-state index is 12.7. The molecule has 0 spiro atoms. The first-order valence-electron chi connectivity index (χ1n) is 7.58. The molecule has 3 aromatic heterocycles. The number of pyridine rings is 1. The second kappa shape index (κ2) is 7.74. The number of amides is 1. The zero-order valence-corrected chi connectivity index (χ0v) is 15.1. The molecule has 138 valence electrons. The second-order valence-corrected chi connectivity index (χ2v) is 6.01. The van der Waals surface area contributed by atoms with E-state index in [1.807, 2.05) is 0 Å². The number of anilines is 3. The van der Waals surface area contributed by atoms with Crippen molar-refractivity contribution in [3.63, 3.8) is 0 Å². The van der Waals surface area contributed by atoms with E-state index < -0.39 is 11.9 Å². The largest absolute Gasteiger partial charge is 0.481 e. The number of aromatic nitrogens is 4. The normalized spacial score (nSPS) is 10.3. The average molecular weight is 386 g/mol. The monoisotopic (exact) mass is 386 g/mol. The second-order valence-electron chi connectivity index (χ2n) is 5.24. The number of methoxy groups -OCH3 is 1. The number of aromatic carboxylic acids is 1. The molecular weight excluding hydrogens is 372 g/mol. The number of carbonyl (C=O) groups is 2. The van der Waals surface area contributed by atoms with E-state index in [1.165, 1.54) is 19.5 Å². The lowest BCUT2D eigenvalue weighted by molar-refractivity contribution is 0.0690. The van der Waals surface area contributed by atoms with Gasteiger partial charge in [-0.1, -0.05) is 0 Å². The van der Waals surface area contributed by atoms with Crippen molar-refractivity contribution in [2.45, 2.75) is 6.92 Å². The minimum atomic E-state index is -1.20. The van der Waals surface area contributed by atoms with Gasteiger partial charge in [-0.05, 0) is 24.5 Å². The number of carboxylic acids is 1. The van der Waals surface area contributed by atoms with Crippen LogP contribution in [0.2, 0.25) is 0 Å². The number of hydrogen-bond acceptors (Lipinski definition) is 9. The molecule has 10 nitrogen and oxygen atoms in total. The summed E-state index contributed by atoms with van der Waals surface area (Å²) in [7, 11) is 1.50. The van der Waals surface area contributed by atoms with Gasteiger partial charge in [0.25, 0.3) is 5.91 Å². The quantitative estimate of drug-likeness (QED) is 0.582. The fraction of sp³-hybridized carbons (Fsp3) is 0.125. The highest BCUT2D eigenvalue weighted by Gasteiger charge is 2.20. The van der Waals surface area contributed by atoms with Crippen molar-refractivity contribution in [3.8, 4) is 5.88 Å². The zero-order valence-electron chi connectivity index (χ0n) is 14.3. The molecule has 1 amide bonds. The first-order valence-corrected chi connectivity index (χ1v) is 8.35. The van der Waals surface area contributed by atoms with Crippen LogP contribution in [-0.2, 0) is 0 Å². The molecule has 27 heavy (non-hydrogen) atoms. The molecule has 3 aromatic rings. The molecule has 3 N–H and O–H groups in total. The van der Waals surface area contributed by atoms with E-state index in [-0.39, 0.29) is 11.5 Å². The lowest BCUT2D eigenvalue weighted by Gasteiger charge is -2.08. The molecule has 0 aromatic carbocycles. The molecule has 0 aliphatic heterocycles. The molecule has 0 atom stereocenters. The number of carbonyl (C=O) groups excluding carboxylic acids is 1. The molecule has 3 rings (SSSR count). The Kier molecular flexibility index (Phi) is 5.22. The number of rotatable bonds is 6. The standard InChI is InChI=1S/C16H14N6O4S/c1-8-13(14(23)19-9-3-4-12(26-2)18-5-9)15(27-22-8)21-11-7-17-6-10(20-11)16(24)25/h3-7H,1-2H3,(H,19,23)(H,20,21)(H,24,25). The summed E-state index contributed by atoms with van der Waals surface area (Å²) in [6, 6.07) is 3.29. The van der Waals surface area contributed by atoms with Gasteiger partial charge in [0.2, 0.25) is 5.88 Å². The summed E-state index contributed by atoms with van der Waals surface area (Å²) in [6.07, 6.45) is 3.97. The van der Waals surface area contributed by atoms with Crippen LogP contribution in [0.25, 0.3) is 0 Å². The van der Waals surface area contributed by atoms with Crippen LogP contribution in [-0.4, -0.2) is 43.4 Å². The number of nitrogens with one attached hydrogen (secondary N) is 2. The Labute approximate surface area is 157 Å². The van der Waals surface area contributed by atoms with E-state index in [1.54, 1.807) is 19.1 Å². The summed E-state index contributed by atoms with van der Waals surface area (Å²) in [5, 5.41) is 15.1. The van der Waals surface area contributed by atoms with Gasteiger partial charge in [-0.15, -0.1) is 0 Å². The van der Waals surface area contributed by atoms with Gasteiger partial charge >= 0.3 is 5.97 Å². The molecule has 11 heteroatoms. The molecule has 0 aliphatic rings. The predicted octanol–water partition coefficient (Wildman–Crippen LogP) is 2.34. The molecule has 0 saturated heterocycles. The van der Waals surface area contributed by atoms with E-state index >= 15 is 0 Å². The Morgan fingerprint density at radius 1 is 1.22 bits per heavy atom. The molecule has 0 unspecified atom stereocenters. The number of carboxylic acid groups (broad SMARTS) is 1. The smallest absolute Gasteiger partial charge is 0.356 e. The van der Waals surface area contributed by atoms with Crippen molar-refractivity contribution in [1.29, 1.82) is 0 Å². The Balaban J connectivity index is 1.82. The Morgan fingerprint density at radius 3 is 2.70 bits per heavy atom. The number of nitrogens with zero attached hydrogens (tertiary/aromatic N) is 4. The SMILES string of the molecule is COc1ccc(NC(=O)c2c(C)nsc2Nc2cncc(C(=O)O)n2)cn1. The summed E-state index contributed by atoms with van der Waals surface area (Å²) < 4.78 is 9.16. The third-order valence-corrected chi connectivity index (χ3v) is 4.24. The highest BCUT2D eigenvalue weighted by atomic mass is 32.1. The zero-order chi connectivity index (χ0) is 19.4. The van der Waals surface area contributed by atoms with Crippen molar-refractivity contribution in [2.24, 2.45) is 0 Å². The third-order valence-electron chi connectivity index (χ3n) is 3.39. The highest BCUT2D eigenvalue weighted by molar-refractivity contribution is 7.10. The Morgan fingerprint density at radius 2 is 2.04 bits per heavy atom. The summed E-state index contributed by atoms with van der Waals surface area (Å²) in [6.45, 7) is 1.70. The van der Waals surface area contributed by atoms with Gasteiger partial charge in [0.05, 0.1) is 42.6 Å². The van der Waals surface area contributed by atoms with Crippen LogP contribution in [0.4, 0.5) is 16.5 Å². The lowest BCUT2D eigenvalue weighted by atomic mass is 10.2. The number of hydrogen-bond donors (Lipinski definition) is 3. The molecule has 3 heterocycles. The fourth-order valence-corrected chi connectivity index (χ4v) is 2.94. The van der Waals surface area contributed by atoms with Gasteiger partial charge in [0.1, 0.15) is 5.00 Å². The molecule has 0 fully saturated rings. The van der Waals surface area contributed by atoms with Gasteiger partial charge < -0.3 is 20.5 Å². The highest BCUT2D eigenvalue weighted by Crippen LogP contribution is 2.28. The van der Waals surface area contributed by atoms with Crippen molar-refractivity contribution < 1.29 is 19.4 Å². The molecule has 0 bridgehead atoms. The van der Waals surface area contributed by atoms with Crippen LogP contribution in [0, 0.1) is 6.92 Å². The Bertz CT molecular complexity index is 989. The third kappa shape index (κ3) is 4.15. The molecule has 0 aliphatic carbocycles. The van der Waals surface area contributed by atoms with E-state index in [4.69, 9.17) is 9.84 Å². The number of aryl methyl sites for hydroxylation is 1. The minimum absolute atomic E-state index is 0.193. The summed E-state index contributed by atoms with van der Waals surface area (Å²) in [5.74, 6) is -0.964. The van der Waals surface area contributed by atoms with Gasteiger partial charge in [-0.3, -0.25) is 9.78 Å². The maximum atomic E-state index is 12.7. The Hall–Kier alpha value is -3.60. The molecule has 0 radical (unpaired) electrons. The topological polar surface area (TPSA) is 139 Å². The van der Waals surface area contributed by atoms with E-state index in [9.17, 15) is 9.59 Å². The number of ether oxygens (including phenoxy) is 1. The summed E-state index contributed by atoms with van der Waals surface area (Å²) >= 11 is 1.06. The van der Waals surface area contributed by atoms with Crippen LogP contribution >= 0.6 is 11.5 Å². The lowest BCUT2D eigenvalue weighted by Crippen LogP contribution is -2.14. The first-order chi connectivity index (χ1) is 13.0. The van der Waals surface area contributed by atoms with E-state index in [2.05, 4.69) is 30.0 Å². The van der Waals surface area contributed by atoms with Gasteiger partial charge in [-0.2, -0.15) is 4.37 Å². The predicted molar refractivity (Wildman–Crippen MR) is 97.9 cm³/mol. The van der Waals surface area contributed by atoms with E-state index in [0.717, 1.165) is 17.7 Å². The van der Waals surface area contributed by atoms with Crippen molar-refractivity contribution in [3.05, 3.63) is 47.7 Å². The summed E-state index contributed by atoms with van der Waals surface area (Å²) in [5.41, 5.74) is 1.11. The van der Waals surface area contributed by atoms with Gasteiger partial charge in [0.15, 0.2) is 11.5 Å². The summed E-state index contributed by atoms with van der Waals surface area (Å²) in [4.78, 5) is 35.5. The van der Waals surface area contributed by atoms with E-state index in [0.29, 0.717) is 27.8 Å². The average Bonchev–Trinajstić information content (AvgIpc) is 3.02. The van der Waals surface area contributed by atoms with Crippen LogP contribution < -0.4 is 15.4 Å². The molecule has 0 saturated carbocycles. The fourth-order valence-electron chi connectivity index (χ4n) is 2.14. The van der Waals surface area contributed by atoms with Crippen molar-refractivity contribution >= 4 is 39.9 Å². The molecular formula is C16H14N6O4S. The van der Waals surface area contributed by atoms with Crippen LogP contribution in [0.5, 0.6) is 5.88 Å². The maximum Gasteiger partial charge on any atom is 0.356 e. The first kappa shape index (κ1) is 18.2. The van der Waals surface area contributed by atoms with Crippen LogP contribution in [0.3, 0.4) is 0 Å². The van der Waals surface area contributed by atoms with Gasteiger partial charge in [0, 0.05) is 6.07 Å². The van der Waals surface area contributed by atoms with Crippen LogP contribution in [0.15, 0.2) is 30.7 Å². The minimum Gasteiger partial charge on any atom is -0.481 e. The van der Waals surface area contributed by atoms with Crippen molar-refractivity contribution in [2.75, 3.05) is 17.7 Å². The van der Waals surface area contributed by atoms with Gasteiger partial charge in [-0.25, -0.2) is 14.8 Å². The van der Waals surface area contributed by atoms with Crippen LogP contribution in [0.1, 0.15) is 26.5 Å².